The molecule has 1 aliphatic heterocycles. The largest absolute Gasteiger partial charge is 0.478 e. The SMILES string of the molecule is O=C(O)C1=Cc2c(Oc3ccc4ccccc4c3)cccc2OC1C(F)(F)F. The Morgan fingerprint density at radius 2 is 1.75 bits per heavy atom. The van der Waals surface area contributed by atoms with Gasteiger partial charge in [-0.05, 0) is 41.1 Å². The summed E-state index contributed by atoms with van der Waals surface area (Å²) in [6.07, 6.45) is -6.43. The number of carbonyl (C=O) groups is 1. The average molecular weight is 386 g/mol. The van der Waals surface area contributed by atoms with E-state index in [1.807, 2.05) is 30.3 Å². The van der Waals surface area contributed by atoms with Gasteiger partial charge in [0.05, 0.1) is 11.1 Å². The molecule has 0 aliphatic carbocycles. The van der Waals surface area contributed by atoms with E-state index in [0.29, 0.717) is 5.75 Å². The summed E-state index contributed by atoms with van der Waals surface area (Å²) in [6.45, 7) is 0. The summed E-state index contributed by atoms with van der Waals surface area (Å²) in [7, 11) is 0. The molecular formula is C21H13F3O4. The molecule has 3 aromatic rings. The molecule has 0 saturated heterocycles. The molecular weight excluding hydrogens is 373 g/mol. The molecule has 0 fully saturated rings. The van der Waals surface area contributed by atoms with Crippen molar-refractivity contribution in [1.82, 2.24) is 0 Å². The summed E-state index contributed by atoms with van der Waals surface area (Å²) in [6, 6.07) is 17.4. The van der Waals surface area contributed by atoms with E-state index in [1.165, 1.54) is 12.1 Å². The van der Waals surface area contributed by atoms with Crippen LogP contribution in [0.4, 0.5) is 13.2 Å². The van der Waals surface area contributed by atoms with Gasteiger partial charge in [-0.25, -0.2) is 4.79 Å². The van der Waals surface area contributed by atoms with Crippen molar-refractivity contribution < 1.29 is 32.5 Å². The van der Waals surface area contributed by atoms with Gasteiger partial charge >= 0.3 is 12.1 Å². The van der Waals surface area contributed by atoms with E-state index >= 15 is 0 Å². The Labute approximate surface area is 157 Å². The quantitative estimate of drug-likeness (QED) is 0.653. The van der Waals surface area contributed by atoms with Crippen LogP contribution in [0.1, 0.15) is 5.56 Å². The molecule has 1 aliphatic rings. The number of aliphatic carboxylic acids is 1. The highest BCUT2D eigenvalue weighted by Gasteiger charge is 2.48. The first-order chi connectivity index (χ1) is 13.3. The van der Waals surface area contributed by atoms with E-state index in [2.05, 4.69) is 0 Å². The lowest BCUT2D eigenvalue weighted by Crippen LogP contribution is -2.40. The monoisotopic (exact) mass is 386 g/mol. The normalized spacial score (nSPS) is 16.1. The van der Waals surface area contributed by atoms with Crippen molar-refractivity contribution in [3.8, 4) is 17.2 Å². The Morgan fingerprint density at radius 3 is 2.46 bits per heavy atom. The van der Waals surface area contributed by atoms with Gasteiger partial charge < -0.3 is 14.6 Å². The van der Waals surface area contributed by atoms with Crippen molar-refractivity contribution in [1.29, 1.82) is 0 Å². The fraction of sp³-hybridized carbons (Fsp3) is 0.0952. The number of fused-ring (bicyclic) bond motifs is 2. The van der Waals surface area contributed by atoms with E-state index in [1.54, 1.807) is 18.2 Å². The zero-order valence-corrected chi connectivity index (χ0v) is 14.2. The van der Waals surface area contributed by atoms with Crippen molar-refractivity contribution in [2.75, 3.05) is 0 Å². The maximum absolute atomic E-state index is 13.2. The van der Waals surface area contributed by atoms with Crippen LogP contribution in [0.25, 0.3) is 16.8 Å². The molecule has 0 aromatic heterocycles. The van der Waals surface area contributed by atoms with Gasteiger partial charge in [-0.15, -0.1) is 0 Å². The van der Waals surface area contributed by atoms with Crippen molar-refractivity contribution in [3.05, 3.63) is 71.8 Å². The minimum absolute atomic E-state index is 0.0920. The third-order valence-corrected chi connectivity index (χ3v) is 4.35. The molecule has 142 valence electrons. The van der Waals surface area contributed by atoms with Crippen LogP contribution in [0.5, 0.6) is 17.2 Å². The smallest absolute Gasteiger partial charge is 0.430 e. The minimum atomic E-state index is -4.85. The second kappa shape index (κ2) is 6.60. The van der Waals surface area contributed by atoms with E-state index in [0.717, 1.165) is 16.8 Å². The first-order valence-corrected chi connectivity index (χ1v) is 8.31. The molecule has 1 N–H and O–H groups in total. The number of rotatable bonds is 3. The number of benzene rings is 3. The van der Waals surface area contributed by atoms with Gasteiger partial charge in [0.1, 0.15) is 17.2 Å². The first-order valence-electron chi connectivity index (χ1n) is 8.31. The molecule has 1 atom stereocenters. The van der Waals surface area contributed by atoms with Gasteiger partial charge in [-0.1, -0.05) is 36.4 Å². The van der Waals surface area contributed by atoms with Gasteiger partial charge in [-0.3, -0.25) is 0 Å². The number of ether oxygens (including phenoxy) is 2. The van der Waals surface area contributed by atoms with Crippen molar-refractivity contribution >= 4 is 22.8 Å². The van der Waals surface area contributed by atoms with Gasteiger partial charge in [0.15, 0.2) is 0 Å². The van der Waals surface area contributed by atoms with Crippen molar-refractivity contribution in [2.45, 2.75) is 12.3 Å². The fourth-order valence-electron chi connectivity index (χ4n) is 3.05. The second-order valence-electron chi connectivity index (χ2n) is 6.22. The summed E-state index contributed by atoms with van der Waals surface area (Å²) in [5, 5.41) is 11.1. The van der Waals surface area contributed by atoms with Gasteiger partial charge in [-0.2, -0.15) is 13.2 Å². The van der Waals surface area contributed by atoms with Crippen LogP contribution < -0.4 is 9.47 Å². The molecule has 4 nitrogen and oxygen atoms in total. The van der Waals surface area contributed by atoms with Gasteiger partial charge in [0.2, 0.25) is 6.10 Å². The van der Waals surface area contributed by atoms with Crippen LogP contribution in [0.3, 0.4) is 0 Å². The molecule has 4 rings (SSSR count). The lowest BCUT2D eigenvalue weighted by Gasteiger charge is -2.27. The van der Waals surface area contributed by atoms with Crippen LogP contribution in [-0.4, -0.2) is 23.4 Å². The molecule has 0 bridgehead atoms. The van der Waals surface area contributed by atoms with Gasteiger partial charge in [0, 0.05) is 0 Å². The number of halogens is 3. The van der Waals surface area contributed by atoms with E-state index in [-0.39, 0.29) is 17.1 Å². The molecule has 28 heavy (non-hydrogen) atoms. The van der Waals surface area contributed by atoms with E-state index < -0.39 is 23.8 Å². The van der Waals surface area contributed by atoms with Crippen LogP contribution in [0, 0.1) is 0 Å². The fourth-order valence-corrected chi connectivity index (χ4v) is 3.05. The summed E-state index contributed by atoms with van der Waals surface area (Å²) in [5.41, 5.74) is -0.747. The zero-order chi connectivity index (χ0) is 19.9. The minimum Gasteiger partial charge on any atom is -0.478 e. The predicted octanol–water partition coefficient (Wildman–Crippen LogP) is 5.42. The lowest BCUT2D eigenvalue weighted by atomic mass is 10.0. The standard InChI is InChI=1S/C21H13F3O4/c22-21(23,24)19-16(20(25)26)11-15-17(6-3-7-18(15)28-19)27-14-9-8-12-4-1-2-5-13(12)10-14/h1-11,19H,(H,25,26). The average Bonchev–Trinajstić information content (AvgIpc) is 2.66. The van der Waals surface area contributed by atoms with Crippen LogP contribution in [0.15, 0.2) is 66.2 Å². The molecule has 0 saturated carbocycles. The highest BCUT2D eigenvalue weighted by Crippen LogP contribution is 2.42. The molecule has 0 spiro atoms. The molecule has 7 heteroatoms. The molecule has 1 heterocycles. The number of carboxylic acid groups (broad SMARTS) is 1. The lowest BCUT2D eigenvalue weighted by molar-refractivity contribution is -0.187. The van der Waals surface area contributed by atoms with Crippen molar-refractivity contribution in [2.24, 2.45) is 0 Å². The Morgan fingerprint density at radius 1 is 1.00 bits per heavy atom. The third-order valence-electron chi connectivity index (χ3n) is 4.35. The number of alkyl halides is 3. The van der Waals surface area contributed by atoms with E-state index in [9.17, 15) is 23.1 Å². The maximum Gasteiger partial charge on any atom is 0.430 e. The molecule has 1 unspecified atom stereocenters. The molecule has 0 amide bonds. The second-order valence-corrected chi connectivity index (χ2v) is 6.22. The number of hydrogen-bond acceptors (Lipinski definition) is 3. The predicted molar refractivity (Wildman–Crippen MR) is 96.5 cm³/mol. The Balaban J connectivity index is 1.75. The van der Waals surface area contributed by atoms with E-state index in [4.69, 9.17) is 9.47 Å². The summed E-state index contributed by atoms with van der Waals surface area (Å²) < 4.78 is 50.3. The molecule has 3 aromatic carbocycles. The summed E-state index contributed by atoms with van der Waals surface area (Å²) >= 11 is 0. The maximum atomic E-state index is 13.2. The van der Waals surface area contributed by atoms with Crippen LogP contribution >= 0.6 is 0 Å². The van der Waals surface area contributed by atoms with Crippen LogP contribution in [0.2, 0.25) is 0 Å². The molecule has 0 radical (unpaired) electrons. The highest BCUT2D eigenvalue weighted by atomic mass is 19.4. The number of hydrogen-bond donors (Lipinski definition) is 1. The Hall–Kier alpha value is -3.48. The summed E-state index contributed by atoms with van der Waals surface area (Å²) in [4.78, 5) is 11.3. The number of carboxylic acids is 1. The van der Waals surface area contributed by atoms with Gasteiger partial charge in [0.25, 0.3) is 0 Å². The Bertz CT molecular complexity index is 1100. The Kier molecular flexibility index (Phi) is 4.22. The van der Waals surface area contributed by atoms with Crippen LogP contribution in [-0.2, 0) is 4.79 Å². The first kappa shape index (κ1) is 17.9. The third kappa shape index (κ3) is 3.26. The van der Waals surface area contributed by atoms with Crippen molar-refractivity contribution in [3.63, 3.8) is 0 Å². The zero-order valence-electron chi connectivity index (χ0n) is 14.2. The topological polar surface area (TPSA) is 55.8 Å². The highest BCUT2D eigenvalue weighted by molar-refractivity contribution is 5.95. The summed E-state index contributed by atoms with van der Waals surface area (Å²) in [5.74, 6) is -1.12.